The number of hydrogen-bond donors (Lipinski definition) is 1. The van der Waals surface area contributed by atoms with Gasteiger partial charge in [0.1, 0.15) is 0 Å². The number of ketones is 1. The lowest BCUT2D eigenvalue weighted by Gasteiger charge is -2.13. The second-order valence-electron chi connectivity index (χ2n) is 5.86. The Balaban J connectivity index is 1.76. The molecule has 1 N–H and O–H groups in total. The highest BCUT2D eigenvalue weighted by Crippen LogP contribution is 2.26. The van der Waals surface area contributed by atoms with E-state index in [-0.39, 0.29) is 11.5 Å². The molecule has 0 radical (unpaired) electrons. The minimum Gasteiger partial charge on any atom is -0.293 e. The van der Waals surface area contributed by atoms with Gasteiger partial charge in [-0.1, -0.05) is 46.6 Å². The molecule has 3 rings (SSSR count). The Morgan fingerprint density at radius 3 is 2.44 bits per heavy atom. The first kappa shape index (κ1) is 20.1. The summed E-state index contributed by atoms with van der Waals surface area (Å²) in [6.45, 7) is 3.90. The van der Waals surface area contributed by atoms with Crippen molar-refractivity contribution in [2.24, 2.45) is 0 Å². The molecule has 2 aromatic carbocycles. The van der Waals surface area contributed by atoms with Crippen molar-refractivity contribution in [1.82, 2.24) is 9.66 Å². The molecule has 1 aromatic heterocycles. The number of thioether (sulfide) groups is 1. The summed E-state index contributed by atoms with van der Waals surface area (Å²) in [5.41, 5.74) is 6.55. The molecule has 4 nitrogen and oxygen atoms in total. The number of aromatic nitrogens is 2. The van der Waals surface area contributed by atoms with Crippen LogP contribution in [0.4, 0.5) is 5.69 Å². The number of halogens is 3. The number of anilines is 1. The molecule has 0 saturated heterocycles. The predicted molar refractivity (Wildman–Crippen MR) is 114 cm³/mol. The van der Waals surface area contributed by atoms with Crippen molar-refractivity contribution >= 4 is 58.0 Å². The van der Waals surface area contributed by atoms with E-state index in [9.17, 15) is 4.79 Å². The molecular weight excluding hydrogens is 425 g/mol. The molecule has 140 valence electrons. The summed E-state index contributed by atoms with van der Waals surface area (Å²) in [6.07, 6.45) is 0. The second-order valence-corrected chi connectivity index (χ2v) is 8.05. The number of carbonyl (C=O) groups excluding carboxylic acids is 1. The average molecular weight is 441 g/mol. The number of benzene rings is 2. The fraction of sp³-hybridized carbons (Fsp3) is 0.158. The largest absolute Gasteiger partial charge is 0.293 e. The molecule has 0 fully saturated rings. The van der Waals surface area contributed by atoms with Gasteiger partial charge in [-0.15, -0.1) is 0 Å². The number of hydrogen-bond acceptors (Lipinski definition) is 4. The molecule has 3 aromatic rings. The van der Waals surface area contributed by atoms with Crippen LogP contribution in [0.2, 0.25) is 15.1 Å². The lowest BCUT2D eigenvalue weighted by Crippen LogP contribution is -2.13. The summed E-state index contributed by atoms with van der Waals surface area (Å²) in [5, 5.41) is 2.16. The number of nitrogens with one attached hydrogen (secondary N) is 1. The van der Waals surface area contributed by atoms with E-state index in [0.717, 1.165) is 17.1 Å². The van der Waals surface area contributed by atoms with E-state index in [4.69, 9.17) is 34.8 Å². The standard InChI is InChI=1S/C19H16Cl3N3OS/c1-11-12(2)25(24-15-6-4-14(20)5-7-15)19(23-11)27-10-18(26)13-3-8-16(21)17(22)9-13/h3-9,24H,10H2,1-2H3. The third-order valence-electron chi connectivity index (χ3n) is 3.97. The van der Waals surface area contributed by atoms with E-state index in [1.54, 1.807) is 18.2 Å². The first-order chi connectivity index (χ1) is 12.8. The number of aryl methyl sites for hydroxylation is 1. The van der Waals surface area contributed by atoms with Gasteiger partial charge >= 0.3 is 0 Å². The van der Waals surface area contributed by atoms with Crippen LogP contribution in [0.15, 0.2) is 47.6 Å². The summed E-state index contributed by atoms with van der Waals surface area (Å²) >= 11 is 19.2. The van der Waals surface area contributed by atoms with Crippen LogP contribution in [0.25, 0.3) is 0 Å². The fourth-order valence-corrected chi connectivity index (χ4v) is 3.71. The zero-order valence-corrected chi connectivity index (χ0v) is 17.7. The number of nitrogens with zero attached hydrogens (tertiary/aromatic N) is 2. The molecule has 0 aliphatic heterocycles. The van der Waals surface area contributed by atoms with E-state index in [1.807, 2.05) is 42.8 Å². The third kappa shape index (κ3) is 4.79. The number of rotatable bonds is 6. The molecule has 27 heavy (non-hydrogen) atoms. The van der Waals surface area contributed by atoms with Gasteiger partial charge in [0.05, 0.1) is 32.9 Å². The van der Waals surface area contributed by atoms with Crippen molar-refractivity contribution in [2.75, 3.05) is 11.2 Å². The summed E-state index contributed by atoms with van der Waals surface area (Å²) in [6, 6.07) is 12.3. The average Bonchev–Trinajstić information content (AvgIpc) is 2.91. The highest BCUT2D eigenvalue weighted by atomic mass is 35.5. The van der Waals surface area contributed by atoms with Gasteiger partial charge in [0, 0.05) is 10.6 Å². The maximum atomic E-state index is 12.5. The van der Waals surface area contributed by atoms with Gasteiger partial charge in [-0.05, 0) is 56.3 Å². The van der Waals surface area contributed by atoms with Crippen LogP contribution in [0.1, 0.15) is 21.7 Å². The number of Topliss-reactive ketones (excluding diaryl/α,β-unsaturated/α-hetero) is 1. The van der Waals surface area contributed by atoms with Gasteiger partial charge in [0.25, 0.3) is 0 Å². The van der Waals surface area contributed by atoms with Crippen molar-refractivity contribution in [2.45, 2.75) is 19.0 Å². The Labute approximate surface area is 176 Å². The van der Waals surface area contributed by atoms with Gasteiger partial charge < -0.3 is 0 Å². The Hall–Kier alpha value is -1.66. The molecule has 0 amide bonds. The van der Waals surface area contributed by atoms with Crippen molar-refractivity contribution in [3.8, 4) is 0 Å². The van der Waals surface area contributed by atoms with Crippen molar-refractivity contribution < 1.29 is 4.79 Å². The van der Waals surface area contributed by atoms with Crippen LogP contribution in [-0.2, 0) is 0 Å². The van der Waals surface area contributed by atoms with Crippen molar-refractivity contribution in [1.29, 1.82) is 0 Å². The number of imidazole rings is 1. The van der Waals surface area contributed by atoms with Crippen LogP contribution in [0, 0.1) is 13.8 Å². The SMILES string of the molecule is Cc1nc(SCC(=O)c2ccc(Cl)c(Cl)c2)n(Nc2ccc(Cl)cc2)c1C. The monoisotopic (exact) mass is 439 g/mol. The zero-order chi connectivity index (χ0) is 19.6. The van der Waals surface area contributed by atoms with E-state index in [0.29, 0.717) is 25.8 Å². The summed E-state index contributed by atoms with van der Waals surface area (Å²) in [5.74, 6) is 0.186. The first-order valence-corrected chi connectivity index (χ1v) is 10.2. The first-order valence-electron chi connectivity index (χ1n) is 8.04. The van der Waals surface area contributed by atoms with Crippen LogP contribution in [0.3, 0.4) is 0 Å². The Bertz CT molecular complexity index is 987. The molecule has 1 heterocycles. The normalized spacial score (nSPS) is 10.9. The Morgan fingerprint density at radius 1 is 1.07 bits per heavy atom. The van der Waals surface area contributed by atoms with E-state index in [1.165, 1.54) is 11.8 Å². The van der Waals surface area contributed by atoms with Crippen LogP contribution in [0.5, 0.6) is 0 Å². The van der Waals surface area contributed by atoms with Crippen LogP contribution >= 0.6 is 46.6 Å². The Kier molecular flexibility index (Phi) is 6.37. The summed E-state index contributed by atoms with van der Waals surface area (Å²) in [7, 11) is 0. The summed E-state index contributed by atoms with van der Waals surface area (Å²) < 4.78 is 1.87. The lowest BCUT2D eigenvalue weighted by atomic mass is 10.1. The van der Waals surface area contributed by atoms with E-state index < -0.39 is 0 Å². The predicted octanol–water partition coefficient (Wildman–Crippen LogP) is 6.31. The minimum atomic E-state index is -0.0464. The van der Waals surface area contributed by atoms with Crippen LogP contribution in [-0.4, -0.2) is 21.2 Å². The molecule has 0 spiro atoms. The Morgan fingerprint density at radius 2 is 1.78 bits per heavy atom. The second kappa shape index (κ2) is 8.57. The molecule has 0 saturated carbocycles. The zero-order valence-electron chi connectivity index (χ0n) is 14.6. The third-order valence-corrected chi connectivity index (χ3v) is 5.90. The molecular formula is C19H16Cl3N3OS. The quantitative estimate of drug-likeness (QED) is 0.360. The molecule has 0 aliphatic rings. The molecule has 0 atom stereocenters. The van der Waals surface area contributed by atoms with Crippen molar-refractivity contribution in [3.05, 3.63) is 74.5 Å². The van der Waals surface area contributed by atoms with Gasteiger partial charge in [0.2, 0.25) is 0 Å². The smallest absolute Gasteiger partial charge is 0.187 e. The maximum Gasteiger partial charge on any atom is 0.187 e. The van der Waals surface area contributed by atoms with E-state index >= 15 is 0 Å². The highest BCUT2D eigenvalue weighted by molar-refractivity contribution is 7.99. The maximum absolute atomic E-state index is 12.5. The van der Waals surface area contributed by atoms with Gasteiger partial charge in [-0.25, -0.2) is 9.66 Å². The molecule has 8 heteroatoms. The molecule has 0 aliphatic carbocycles. The minimum absolute atomic E-state index is 0.0464. The topological polar surface area (TPSA) is 46.9 Å². The van der Waals surface area contributed by atoms with E-state index in [2.05, 4.69) is 10.4 Å². The highest BCUT2D eigenvalue weighted by Gasteiger charge is 2.15. The fourth-order valence-electron chi connectivity index (χ4n) is 2.34. The molecule has 0 unspecified atom stereocenters. The van der Waals surface area contributed by atoms with Crippen molar-refractivity contribution in [3.63, 3.8) is 0 Å². The van der Waals surface area contributed by atoms with Gasteiger partial charge in [0.15, 0.2) is 10.9 Å². The molecule has 0 bridgehead atoms. The summed E-state index contributed by atoms with van der Waals surface area (Å²) in [4.78, 5) is 17.0. The number of carbonyl (C=O) groups is 1. The van der Waals surface area contributed by atoms with Gasteiger partial charge in [-0.2, -0.15) is 0 Å². The lowest BCUT2D eigenvalue weighted by molar-refractivity contribution is 0.102. The van der Waals surface area contributed by atoms with Gasteiger partial charge in [-0.3, -0.25) is 10.2 Å². The van der Waals surface area contributed by atoms with Crippen LogP contribution < -0.4 is 5.43 Å².